The van der Waals surface area contributed by atoms with Crippen molar-refractivity contribution < 1.29 is 14.6 Å². The van der Waals surface area contributed by atoms with Crippen molar-refractivity contribution in [2.45, 2.75) is 32.7 Å². The van der Waals surface area contributed by atoms with E-state index in [1.807, 2.05) is 0 Å². The van der Waals surface area contributed by atoms with E-state index in [2.05, 4.69) is 41.0 Å². The predicted molar refractivity (Wildman–Crippen MR) is 104 cm³/mol. The van der Waals surface area contributed by atoms with E-state index in [0.717, 1.165) is 84.1 Å². The first-order valence-electron chi connectivity index (χ1n) is 10.0. The minimum Gasteiger partial charge on any atom is -0.494 e. The van der Waals surface area contributed by atoms with Crippen LogP contribution >= 0.6 is 0 Å². The topological polar surface area (TPSA) is 45.2 Å². The van der Waals surface area contributed by atoms with Gasteiger partial charge in [-0.05, 0) is 55.5 Å². The minimum atomic E-state index is 0.120. The van der Waals surface area contributed by atoms with Gasteiger partial charge in [0.25, 0.3) is 0 Å². The Bertz CT molecular complexity index is 521. The van der Waals surface area contributed by atoms with E-state index in [9.17, 15) is 5.11 Å². The normalized spacial score (nSPS) is 21.6. The van der Waals surface area contributed by atoms with Crippen molar-refractivity contribution in [3.63, 3.8) is 0 Å². The van der Waals surface area contributed by atoms with Crippen LogP contribution in [0.5, 0.6) is 5.75 Å². The number of morpholine rings is 1. The van der Waals surface area contributed by atoms with Gasteiger partial charge in [0, 0.05) is 32.8 Å². The summed E-state index contributed by atoms with van der Waals surface area (Å²) >= 11 is 0. The second kappa shape index (κ2) is 9.70. The highest BCUT2D eigenvalue weighted by molar-refractivity contribution is 5.27. The van der Waals surface area contributed by atoms with Gasteiger partial charge in [-0.15, -0.1) is 0 Å². The van der Waals surface area contributed by atoms with Crippen molar-refractivity contribution >= 4 is 0 Å². The van der Waals surface area contributed by atoms with Crippen LogP contribution in [-0.4, -0.2) is 74.1 Å². The predicted octanol–water partition coefficient (Wildman–Crippen LogP) is 2.38. The summed E-state index contributed by atoms with van der Waals surface area (Å²) in [5, 5.41) is 9.48. The molecule has 0 aromatic heterocycles. The fourth-order valence-corrected chi connectivity index (χ4v) is 3.66. The van der Waals surface area contributed by atoms with Crippen LogP contribution in [0.15, 0.2) is 24.3 Å². The van der Waals surface area contributed by atoms with Gasteiger partial charge >= 0.3 is 0 Å². The molecule has 1 aromatic carbocycles. The second-order valence-electron chi connectivity index (χ2n) is 8.04. The average molecular weight is 363 g/mol. The Morgan fingerprint density at radius 2 is 1.73 bits per heavy atom. The molecule has 0 bridgehead atoms. The smallest absolute Gasteiger partial charge is 0.119 e. The summed E-state index contributed by atoms with van der Waals surface area (Å²) in [5.41, 5.74) is 1.45. The molecule has 1 N–H and O–H groups in total. The highest BCUT2D eigenvalue weighted by Gasteiger charge is 2.29. The molecule has 3 rings (SSSR count). The Morgan fingerprint density at radius 1 is 1.04 bits per heavy atom. The Hall–Kier alpha value is -1.14. The summed E-state index contributed by atoms with van der Waals surface area (Å²) < 4.78 is 11.3. The number of ether oxygens (including phenoxy) is 2. The molecule has 0 spiro atoms. The molecule has 0 saturated carbocycles. The summed E-state index contributed by atoms with van der Waals surface area (Å²) in [6.07, 6.45) is 3.21. The maximum absolute atomic E-state index is 9.48. The van der Waals surface area contributed by atoms with Crippen molar-refractivity contribution in [3.8, 4) is 5.75 Å². The van der Waals surface area contributed by atoms with E-state index in [1.165, 1.54) is 5.56 Å². The van der Waals surface area contributed by atoms with Gasteiger partial charge in [-0.2, -0.15) is 0 Å². The van der Waals surface area contributed by atoms with Crippen LogP contribution in [0, 0.1) is 5.41 Å². The van der Waals surface area contributed by atoms with E-state index >= 15 is 0 Å². The Labute approximate surface area is 157 Å². The van der Waals surface area contributed by atoms with Gasteiger partial charge in [0.2, 0.25) is 0 Å². The van der Waals surface area contributed by atoms with Gasteiger partial charge in [-0.1, -0.05) is 19.1 Å². The van der Waals surface area contributed by atoms with Crippen molar-refractivity contribution in [2.75, 3.05) is 59.2 Å². The number of aliphatic hydroxyl groups excluding tert-OH is 1. The van der Waals surface area contributed by atoms with Gasteiger partial charge in [0.15, 0.2) is 0 Å². The fraction of sp³-hybridized carbons (Fsp3) is 0.714. The van der Waals surface area contributed by atoms with Gasteiger partial charge in [0.1, 0.15) is 5.75 Å². The molecule has 5 heteroatoms. The van der Waals surface area contributed by atoms with E-state index in [0.29, 0.717) is 6.61 Å². The second-order valence-corrected chi connectivity index (χ2v) is 8.04. The molecule has 2 heterocycles. The van der Waals surface area contributed by atoms with Crippen LogP contribution in [0.1, 0.15) is 31.7 Å². The number of nitrogens with zero attached hydrogens (tertiary/aromatic N) is 2. The van der Waals surface area contributed by atoms with Crippen LogP contribution < -0.4 is 4.74 Å². The van der Waals surface area contributed by atoms with Crippen molar-refractivity contribution in [3.05, 3.63) is 29.8 Å². The van der Waals surface area contributed by atoms with Crippen molar-refractivity contribution in [1.82, 2.24) is 9.80 Å². The van der Waals surface area contributed by atoms with Crippen LogP contribution in [0.3, 0.4) is 0 Å². The lowest BCUT2D eigenvalue weighted by Gasteiger charge is -2.38. The highest BCUT2D eigenvalue weighted by atomic mass is 16.5. The average Bonchev–Trinajstić information content (AvgIpc) is 2.69. The third-order valence-corrected chi connectivity index (χ3v) is 5.77. The van der Waals surface area contributed by atoms with Gasteiger partial charge in [-0.25, -0.2) is 0 Å². The van der Waals surface area contributed by atoms with E-state index in [-0.39, 0.29) is 5.41 Å². The summed E-state index contributed by atoms with van der Waals surface area (Å²) in [4.78, 5) is 4.92. The molecule has 5 nitrogen and oxygen atoms in total. The molecular formula is C21H34N2O3. The maximum atomic E-state index is 9.48. The number of piperidine rings is 1. The quantitative estimate of drug-likeness (QED) is 0.720. The lowest BCUT2D eigenvalue weighted by atomic mass is 9.81. The molecule has 0 unspecified atom stereocenters. The molecular weight excluding hydrogens is 328 g/mol. The number of likely N-dealkylation sites (tertiary alicyclic amines) is 1. The molecule has 2 fully saturated rings. The van der Waals surface area contributed by atoms with E-state index in [4.69, 9.17) is 9.47 Å². The Morgan fingerprint density at radius 3 is 2.38 bits per heavy atom. The maximum Gasteiger partial charge on any atom is 0.119 e. The van der Waals surface area contributed by atoms with Gasteiger partial charge < -0.3 is 14.6 Å². The molecule has 2 aliphatic rings. The monoisotopic (exact) mass is 362 g/mol. The molecule has 2 saturated heterocycles. The number of hydrogen-bond acceptors (Lipinski definition) is 5. The zero-order chi connectivity index (χ0) is 18.2. The lowest BCUT2D eigenvalue weighted by molar-refractivity contribution is 0.0358. The van der Waals surface area contributed by atoms with Crippen LogP contribution in [0.4, 0.5) is 0 Å². The summed E-state index contributed by atoms with van der Waals surface area (Å²) in [7, 11) is 0. The van der Waals surface area contributed by atoms with E-state index in [1.54, 1.807) is 0 Å². The number of benzene rings is 1. The molecule has 0 aliphatic carbocycles. The highest BCUT2D eigenvalue weighted by Crippen LogP contribution is 2.30. The van der Waals surface area contributed by atoms with Crippen molar-refractivity contribution in [2.24, 2.45) is 5.41 Å². The first-order chi connectivity index (χ1) is 12.7. The molecule has 1 aromatic rings. The fourth-order valence-electron chi connectivity index (χ4n) is 3.66. The van der Waals surface area contributed by atoms with E-state index < -0.39 is 0 Å². The molecule has 0 atom stereocenters. The SMILES string of the molecule is CC1(CO)CCN(Cc2ccc(OCCCN3CCOCC3)cc2)CC1. The summed E-state index contributed by atoms with van der Waals surface area (Å²) in [6.45, 7) is 11.3. The first-order valence-corrected chi connectivity index (χ1v) is 10.0. The summed E-state index contributed by atoms with van der Waals surface area (Å²) in [5.74, 6) is 0.960. The Kier molecular flexibility index (Phi) is 7.32. The molecule has 0 amide bonds. The lowest BCUT2D eigenvalue weighted by Crippen LogP contribution is -2.39. The van der Waals surface area contributed by atoms with Gasteiger partial charge in [-0.3, -0.25) is 9.80 Å². The molecule has 2 aliphatic heterocycles. The van der Waals surface area contributed by atoms with Crippen LogP contribution in [0.2, 0.25) is 0 Å². The number of rotatable bonds is 8. The largest absolute Gasteiger partial charge is 0.494 e. The summed E-state index contributed by atoms with van der Waals surface area (Å²) in [6, 6.07) is 8.53. The van der Waals surface area contributed by atoms with Gasteiger partial charge in [0.05, 0.1) is 19.8 Å². The Balaban J connectivity index is 1.34. The molecule has 0 radical (unpaired) electrons. The zero-order valence-corrected chi connectivity index (χ0v) is 16.2. The first kappa shape index (κ1) is 19.6. The number of hydrogen-bond donors (Lipinski definition) is 1. The molecule has 26 heavy (non-hydrogen) atoms. The standard InChI is InChI=1S/C21H34N2O3/c1-21(18-24)7-10-23(11-8-21)17-19-3-5-20(6-4-19)26-14-2-9-22-12-15-25-16-13-22/h3-6,24H,2,7-18H2,1H3. The van der Waals surface area contributed by atoms with Crippen LogP contribution in [0.25, 0.3) is 0 Å². The number of aliphatic hydroxyl groups is 1. The third kappa shape index (κ3) is 5.95. The van der Waals surface area contributed by atoms with Crippen LogP contribution in [-0.2, 0) is 11.3 Å². The van der Waals surface area contributed by atoms with Crippen molar-refractivity contribution in [1.29, 1.82) is 0 Å². The molecule has 146 valence electrons. The third-order valence-electron chi connectivity index (χ3n) is 5.77. The minimum absolute atomic E-state index is 0.120. The zero-order valence-electron chi connectivity index (χ0n) is 16.2.